The van der Waals surface area contributed by atoms with E-state index >= 15 is 0 Å². The Morgan fingerprint density at radius 1 is 1.50 bits per heavy atom. The lowest BCUT2D eigenvalue weighted by Crippen LogP contribution is -2.31. The van der Waals surface area contributed by atoms with Crippen molar-refractivity contribution in [3.05, 3.63) is 11.4 Å². The number of carbonyl (C=O) groups is 1. The molecule has 1 amide bonds. The number of amides is 1. The van der Waals surface area contributed by atoms with Gasteiger partial charge in [0.05, 0.1) is 11.4 Å². The molecule has 0 aliphatic heterocycles. The molecule has 0 bridgehead atoms. The molecule has 18 heavy (non-hydrogen) atoms. The van der Waals surface area contributed by atoms with Crippen LogP contribution < -0.4 is 5.73 Å². The van der Waals surface area contributed by atoms with Gasteiger partial charge in [0.15, 0.2) is 5.69 Å². The van der Waals surface area contributed by atoms with E-state index in [0.717, 1.165) is 31.5 Å². The largest absolute Gasteiger partial charge is 0.395 e. The standard InChI is InChI=1S/C13H24N4O/c1-5-7-10-11(14)12(16-15-10)13(18)17(4)8-9(3)6-2/h9H,5-8,14H2,1-4H3,(H,15,16). The highest BCUT2D eigenvalue weighted by Gasteiger charge is 2.21. The Morgan fingerprint density at radius 3 is 2.72 bits per heavy atom. The first-order valence-electron chi connectivity index (χ1n) is 6.59. The summed E-state index contributed by atoms with van der Waals surface area (Å²) >= 11 is 0. The van der Waals surface area contributed by atoms with E-state index in [9.17, 15) is 4.79 Å². The summed E-state index contributed by atoms with van der Waals surface area (Å²) < 4.78 is 0. The van der Waals surface area contributed by atoms with E-state index in [1.807, 2.05) is 0 Å². The number of hydrogen-bond acceptors (Lipinski definition) is 3. The van der Waals surface area contributed by atoms with E-state index in [1.54, 1.807) is 11.9 Å². The number of carbonyl (C=O) groups excluding carboxylic acids is 1. The average Bonchev–Trinajstić information content (AvgIpc) is 2.70. The summed E-state index contributed by atoms with van der Waals surface area (Å²) in [6.07, 6.45) is 2.85. The third kappa shape index (κ3) is 3.24. The van der Waals surface area contributed by atoms with Crippen molar-refractivity contribution in [2.75, 3.05) is 19.3 Å². The molecular formula is C13H24N4O. The van der Waals surface area contributed by atoms with Gasteiger partial charge in [-0.25, -0.2) is 0 Å². The van der Waals surface area contributed by atoms with Crippen molar-refractivity contribution in [2.24, 2.45) is 5.92 Å². The van der Waals surface area contributed by atoms with Crippen molar-refractivity contribution in [1.82, 2.24) is 15.1 Å². The number of nitrogens with two attached hydrogens (primary N) is 1. The van der Waals surface area contributed by atoms with Crippen molar-refractivity contribution in [1.29, 1.82) is 0 Å². The SMILES string of the molecule is CCCc1[nH]nc(C(=O)N(C)CC(C)CC)c1N. The predicted molar refractivity (Wildman–Crippen MR) is 73.4 cm³/mol. The van der Waals surface area contributed by atoms with Gasteiger partial charge in [-0.05, 0) is 12.3 Å². The zero-order valence-electron chi connectivity index (χ0n) is 11.8. The Hall–Kier alpha value is -1.52. The lowest BCUT2D eigenvalue weighted by Gasteiger charge is -2.19. The van der Waals surface area contributed by atoms with E-state index in [4.69, 9.17) is 5.73 Å². The fourth-order valence-electron chi connectivity index (χ4n) is 1.85. The topological polar surface area (TPSA) is 75.0 Å². The van der Waals surface area contributed by atoms with Gasteiger partial charge < -0.3 is 10.6 Å². The highest BCUT2D eigenvalue weighted by Crippen LogP contribution is 2.17. The summed E-state index contributed by atoms with van der Waals surface area (Å²) in [7, 11) is 1.79. The van der Waals surface area contributed by atoms with Gasteiger partial charge in [0.1, 0.15) is 0 Å². The maximum atomic E-state index is 12.2. The Labute approximate surface area is 109 Å². The first-order valence-corrected chi connectivity index (χ1v) is 6.59. The molecule has 1 atom stereocenters. The summed E-state index contributed by atoms with van der Waals surface area (Å²) in [4.78, 5) is 13.9. The second-order valence-corrected chi connectivity index (χ2v) is 4.91. The summed E-state index contributed by atoms with van der Waals surface area (Å²) in [6, 6.07) is 0. The van der Waals surface area contributed by atoms with Gasteiger partial charge in [0.2, 0.25) is 0 Å². The van der Waals surface area contributed by atoms with Gasteiger partial charge in [-0.2, -0.15) is 5.10 Å². The molecule has 1 rings (SSSR count). The smallest absolute Gasteiger partial charge is 0.276 e. The number of aromatic nitrogens is 2. The molecule has 5 nitrogen and oxygen atoms in total. The molecule has 0 aliphatic carbocycles. The third-order valence-electron chi connectivity index (χ3n) is 3.21. The van der Waals surface area contributed by atoms with Crippen LogP contribution in [-0.2, 0) is 6.42 Å². The van der Waals surface area contributed by atoms with Crippen LogP contribution >= 0.6 is 0 Å². The van der Waals surface area contributed by atoms with Gasteiger partial charge in [0, 0.05) is 13.6 Å². The van der Waals surface area contributed by atoms with E-state index < -0.39 is 0 Å². The molecule has 0 aromatic carbocycles. The summed E-state index contributed by atoms with van der Waals surface area (Å²) in [5.74, 6) is 0.376. The number of aromatic amines is 1. The minimum atomic E-state index is -0.105. The van der Waals surface area contributed by atoms with Crippen LogP contribution in [0.1, 0.15) is 49.8 Å². The number of hydrogen-bond donors (Lipinski definition) is 2. The van der Waals surface area contributed by atoms with E-state index in [1.165, 1.54) is 0 Å². The zero-order valence-corrected chi connectivity index (χ0v) is 11.8. The second kappa shape index (κ2) is 6.42. The van der Waals surface area contributed by atoms with Crippen LogP contribution in [0.3, 0.4) is 0 Å². The number of rotatable bonds is 6. The van der Waals surface area contributed by atoms with Gasteiger partial charge in [-0.1, -0.05) is 33.6 Å². The fraction of sp³-hybridized carbons (Fsp3) is 0.692. The van der Waals surface area contributed by atoms with E-state index in [-0.39, 0.29) is 5.91 Å². The Morgan fingerprint density at radius 2 is 2.17 bits per heavy atom. The molecule has 3 N–H and O–H groups in total. The number of aryl methyl sites for hydroxylation is 1. The molecule has 0 saturated carbocycles. The monoisotopic (exact) mass is 252 g/mol. The quantitative estimate of drug-likeness (QED) is 0.813. The van der Waals surface area contributed by atoms with Crippen LogP contribution in [0.15, 0.2) is 0 Å². The summed E-state index contributed by atoms with van der Waals surface area (Å²) in [5, 5.41) is 6.90. The average molecular weight is 252 g/mol. The van der Waals surface area contributed by atoms with Crippen LogP contribution in [0.2, 0.25) is 0 Å². The lowest BCUT2D eigenvalue weighted by molar-refractivity contribution is 0.0770. The van der Waals surface area contributed by atoms with Crippen molar-refractivity contribution < 1.29 is 4.79 Å². The third-order valence-corrected chi connectivity index (χ3v) is 3.21. The molecule has 1 heterocycles. The van der Waals surface area contributed by atoms with Gasteiger partial charge in [-0.3, -0.25) is 9.89 Å². The molecule has 1 aromatic heterocycles. The van der Waals surface area contributed by atoms with E-state index in [0.29, 0.717) is 17.3 Å². The summed E-state index contributed by atoms with van der Waals surface area (Å²) in [6.45, 7) is 7.03. The molecule has 5 heteroatoms. The van der Waals surface area contributed by atoms with Crippen molar-refractivity contribution >= 4 is 11.6 Å². The molecule has 0 aliphatic rings. The number of nitrogens with zero attached hydrogens (tertiary/aromatic N) is 2. The number of H-pyrrole nitrogens is 1. The summed E-state index contributed by atoms with van der Waals surface area (Å²) in [5.41, 5.74) is 7.66. The minimum Gasteiger partial charge on any atom is -0.395 e. The van der Waals surface area contributed by atoms with E-state index in [2.05, 4.69) is 31.0 Å². The van der Waals surface area contributed by atoms with Crippen LogP contribution in [0, 0.1) is 5.92 Å². The van der Waals surface area contributed by atoms with Crippen molar-refractivity contribution in [3.8, 4) is 0 Å². The molecular weight excluding hydrogens is 228 g/mol. The predicted octanol–water partition coefficient (Wildman–Crippen LogP) is 2.06. The number of anilines is 1. The molecule has 0 saturated heterocycles. The Bertz CT molecular complexity index is 400. The molecule has 0 spiro atoms. The Kier molecular flexibility index (Phi) is 5.19. The highest BCUT2D eigenvalue weighted by atomic mass is 16.2. The number of nitrogen functional groups attached to an aromatic ring is 1. The van der Waals surface area contributed by atoms with Gasteiger partial charge in [0.25, 0.3) is 5.91 Å². The molecule has 102 valence electrons. The normalized spacial score (nSPS) is 12.4. The molecule has 0 fully saturated rings. The molecule has 1 unspecified atom stereocenters. The Balaban J connectivity index is 2.77. The lowest BCUT2D eigenvalue weighted by atomic mass is 10.1. The zero-order chi connectivity index (χ0) is 13.7. The molecule has 0 radical (unpaired) electrons. The minimum absolute atomic E-state index is 0.105. The van der Waals surface area contributed by atoms with Crippen LogP contribution in [-0.4, -0.2) is 34.6 Å². The van der Waals surface area contributed by atoms with Crippen LogP contribution in [0.5, 0.6) is 0 Å². The highest BCUT2D eigenvalue weighted by molar-refractivity contribution is 5.97. The van der Waals surface area contributed by atoms with Crippen LogP contribution in [0.25, 0.3) is 0 Å². The van der Waals surface area contributed by atoms with Crippen LogP contribution in [0.4, 0.5) is 5.69 Å². The first kappa shape index (κ1) is 14.5. The maximum Gasteiger partial charge on any atom is 0.276 e. The first-order chi connectivity index (χ1) is 8.51. The fourth-order valence-corrected chi connectivity index (χ4v) is 1.85. The van der Waals surface area contributed by atoms with Gasteiger partial charge in [-0.15, -0.1) is 0 Å². The number of nitrogens with one attached hydrogen (secondary N) is 1. The maximum absolute atomic E-state index is 12.2. The van der Waals surface area contributed by atoms with Crippen molar-refractivity contribution in [3.63, 3.8) is 0 Å². The molecule has 1 aromatic rings. The second-order valence-electron chi connectivity index (χ2n) is 4.91. The van der Waals surface area contributed by atoms with Crippen molar-refractivity contribution in [2.45, 2.75) is 40.0 Å². The van der Waals surface area contributed by atoms with Gasteiger partial charge >= 0.3 is 0 Å².